The van der Waals surface area contributed by atoms with Gasteiger partial charge in [-0.3, -0.25) is 4.79 Å². The highest BCUT2D eigenvalue weighted by atomic mass is 32.2. The smallest absolute Gasteiger partial charge is 0.255 e. The molecular weight excluding hydrogens is 498 g/mol. The molecule has 1 aromatic heterocycles. The fourth-order valence-corrected chi connectivity index (χ4v) is 5.17. The number of carbonyl (C=O) groups is 1. The molecule has 0 aliphatic carbocycles. The number of allylic oxidation sites excluding steroid dienone is 1. The van der Waals surface area contributed by atoms with Crippen molar-refractivity contribution in [2.45, 2.75) is 30.8 Å². The molecule has 0 saturated carbocycles. The first-order valence-corrected chi connectivity index (χ1v) is 13.2. The summed E-state index contributed by atoms with van der Waals surface area (Å²) in [5, 5.41) is 11.8. The molecule has 3 aromatic carbocycles. The molecule has 0 spiro atoms. The number of thioether (sulfide) groups is 1. The van der Waals surface area contributed by atoms with E-state index >= 15 is 0 Å². The minimum Gasteiger partial charge on any atom is -0.497 e. The van der Waals surface area contributed by atoms with E-state index in [2.05, 4.69) is 10.6 Å². The van der Waals surface area contributed by atoms with Gasteiger partial charge in [-0.05, 0) is 60.9 Å². The minimum absolute atomic E-state index is 0.197. The predicted molar refractivity (Wildman–Crippen MR) is 150 cm³/mol. The van der Waals surface area contributed by atoms with Gasteiger partial charge in [-0.15, -0.1) is 5.10 Å². The molecule has 2 N–H and O–H groups in total. The molecule has 1 aliphatic rings. The number of para-hydroxylation sites is 1. The van der Waals surface area contributed by atoms with Crippen LogP contribution >= 0.6 is 11.8 Å². The molecule has 5 rings (SSSR count). The maximum atomic E-state index is 13.7. The highest BCUT2D eigenvalue weighted by molar-refractivity contribution is 7.98. The van der Waals surface area contributed by atoms with Crippen molar-refractivity contribution in [2.24, 2.45) is 0 Å². The summed E-state index contributed by atoms with van der Waals surface area (Å²) in [6, 6.07) is 22.9. The van der Waals surface area contributed by atoms with E-state index in [1.807, 2.05) is 86.6 Å². The van der Waals surface area contributed by atoms with Crippen molar-refractivity contribution < 1.29 is 14.3 Å². The molecule has 8 nitrogen and oxygen atoms in total. The summed E-state index contributed by atoms with van der Waals surface area (Å²) >= 11 is 1.53. The lowest BCUT2D eigenvalue weighted by atomic mass is 9.95. The van der Waals surface area contributed by atoms with Gasteiger partial charge in [-0.1, -0.05) is 54.2 Å². The van der Waals surface area contributed by atoms with Crippen molar-refractivity contribution in [1.82, 2.24) is 14.8 Å². The molecule has 0 saturated heterocycles. The standard InChI is InChI=1S/C29H29N5O3S/c1-18-8-5-6-11-24(18)31-27(35)25-19(2)30-28-32-29(38-17-20-9-7-10-23(16-20)37-4)33-34(28)26(25)21-12-14-22(36-3)15-13-21/h5-16,26H,17H2,1-4H3,(H,31,35)(H,30,32,33). The summed E-state index contributed by atoms with van der Waals surface area (Å²) < 4.78 is 12.5. The number of carbonyl (C=O) groups excluding carboxylic acids is 1. The van der Waals surface area contributed by atoms with Crippen LogP contribution < -0.4 is 20.1 Å². The Balaban J connectivity index is 1.48. The number of aromatic nitrogens is 3. The number of ether oxygens (including phenoxy) is 2. The van der Waals surface area contributed by atoms with Crippen LogP contribution in [0.5, 0.6) is 11.5 Å². The number of benzene rings is 3. The summed E-state index contributed by atoms with van der Waals surface area (Å²) in [7, 11) is 3.29. The number of methoxy groups -OCH3 is 2. The lowest BCUT2D eigenvalue weighted by Crippen LogP contribution is -2.31. The highest BCUT2D eigenvalue weighted by Crippen LogP contribution is 2.37. The van der Waals surface area contributed by atoms with Gasteiger partial charge in [-0.25, -0.2) is 4.68 Å². The van der Waals surface area contributed by atoms with Crippen LogP contribution in [0.2, 0.25) is 0 Å². The van der Waals surface area contributed by atoms with Crippen molar-refractivity contribution in [3.05, 3.63) is 101 Å². The van der Waals surface area contributed by atoms with E-state index in [1.165, 1.54) is 11.8 Å². The molecule has 194 valence electrons. The van der Waals surface area contributed by atoms with E-state index < -0.39 is 6.04 Å². The Morgan fingerprint density at radius 3 is 2.50 bits per heavy atom. The Bertz CT molecular complexity index is 1500. The van der Waals surface area contributed by atoms with Crippen molar-refractivity contribution in [3.63, 3.8) is 0 Å². The molecule has 9 heteroatoms. The monoisotopic (exact) mass is 527 g/mol. The second-order valence-corrected chi connectivity index (χ2v) is 9.85. The third-order valence-electron chi connectivity index (χ3n) is 6.40. The van der Waals surface area contributed by atoms with Crippen LogP contribution in [0.4, 0.5) is 11.6 Å². The van der Waals surface area contributed by atoms with Gasteiger partial charge in [0.25, 0.3) is 5.91 Å². The first kappa shape index (κ1) is 25.4. The third-order valence-corrected chi connectivity index (χ3v) is 7.31. The van der Waals surface area contributed by atoms with Crippen LogP contribution in [-0.2, 0) is 10.5 Å². The number of nitrogens with one attached hydrogen (secondary N) is 2. The molecule has 0 bridgehead atoms. The Labute approximate surface area is 226 Å². The topological polar surface area (TPSA) is 90.3 Å². The van der Waals surface area contributed by atoms with E-state index in [0.717, 1.165) is 39.6 Å². The molecule has 1 aliphatic heterocycles. The average Bonchev–Trinajstić information content (AvgIpc) is 3.35. The summed E-state index contributed by atoms with van der Waals surface area (Å²) in [4.78, 5) is 18.5. The largest absolute Gasteiger partial charge is 0.497 e. The van der Waals surface area contributed by atoms with Gasteiger partial charge < -0.3 is 20.1 Å². The van der Waals surface area contributed by atoms with Crippen LogP contribution in [0.3, 0.4) is 0 Å². The maximum Gasteiger partial charge on any atom is 0.255 e. The van der Waals surface area contributed by atoms with E-state index in [-0.39, 0.29) is 5.91 Å². The Morgan fingerprint density at radius 2 is 1.76 bits per heavy atom. The van der Waals surface area contributed by atoms with Gasteiger partial charge in [0.1, 0.15) is 17.5 Å². The summed E-state index contributed by atoms with van der Waals surface area (Å²) in [5.41, 5.74) is 5.06. The van der Waals surface area contributed by atoms with Gasteiger partial charge in [-0.2, -0.15) is 4.98 Å². The molecule has 1 unspecified atom stereocenters. The molecule has 1 amide bonds. The van der Waals surface area contributed by atoms with Gasteiger partial charge >= 0.3 is 0 Å². The quantitative estimate of drug-likeness (QED) is 0.279. The van der Waals surface area contributed by atoms with Crippen molar-refractivity contribution in [2.75, 3.05) is 24.9 Å². The van der Waals surface area contributed by atoms with E-state index in [0.29, 0.717) is 22.4 Å². The second-order valence-electron chi connectivity index (χ2n) is 8.91. The zero-order valence-corrected chi connectivity index (χ0v) is 22.5. The Hall–Kier alpha value is -4.24. The van der Waals surface area contributed by atoms with Crippen LogP contribution in [0.1, 0.15) is 29.7 Å². The van der Waals surface area contributed by atoms with Crippen LogP contribution in [0.25, 0.3) is 0 Å². The minimum atomic E-state index is -0.472. The van der Waals surface area contributed by atoms with Crippen molar-refractivity contribution in [3.8, 4) is 11.5 Å². The first-order chi connectivity index (χ1) is 18.5. The van der Waals surface area contributed by atoms with E-state index in [9.17, 15) is 4.79 Å². The number of amides is 1. The zero-order chi connectivity index (χ0) is 26.6. The summed E-state index contributed by atoms with van der Waals surface area (Å²) in [5.74, 6) is 2.62. The van der Waals surface area contributed by atoms with Crippen LogP contribution in [0.15, 0.2) is 89.2 Å². The Kier molecular flexibility index (Phi) is 7.37. The molecule has 38 heavy (non-hydrogen) atoms. The number of hydrogen-bond acceptors (Lipinski definition) is 7. The average molecular weight is 528 g/mol. The van der Waals surface area contributed by atoms with E-state index in [1.54, 1.807) is 18.9 Å². The number of aryl methyl sites for hydroxylation is 1. The molecule has 1 atom stereocenters. The number of hydrogen-bond donors (Lipinski definition) is 2. The van der Waals surface area contributed by atoms with Crippen LogP contribution in [-0.4, -0.2) is 34.9 Å². The number of anilines is 2. The van der Waals surface area contributed by atoms with Crippen LogP contribution in [0, 0.1) is 6.92 Å². The predicted octanol–water partition coefficient (Wildman–Crippen LogP) is 5.82. The zero-order valence-electron chi connectivity index (χ0n) is 21.7. The fraction of sp³-hybridized carbons (Fsp3) is 0.207. The normalized spacial score (nSPS) is 14.5. The SMILES string of the molecule is COc1ccc(C2C(C(=O)Nc3ccccc3C)=C(C)Nc3nc(SCc4cccc(OC)c4)nn32)cc1. The van der Waals surface area contributed by atoms with E-state index in [4.69, 9.17) is 19.6 Å². The van der Waals surface area contributed by atoms with Gasteiger partial charge in [0.05, 0.1) is 19.8 Å². The Morgan fingerprint density at radius 1 is 1.00 bits per heavy atom. The fourth-order valence-electron chi connectivity index (χ4n) is 4.39. The van der Waals surface area contributed by atoms with Gasteiger partial charge in [0.2, 0.25) is 11.1 Å². The summed E-state index contributed by atoms with van der Waals surface area (Å²) in [6.45, 7) is 3.86. The van der Waals surface area contributed by atoms with Gasteiger partial charge in [0, 0.05) is 17.1 Å². The molecular formula is C29H29N5O3S. The lowest BCUT2D eigenvalue weighted by molar-refractivity contribution is -0.113. The highest BCUT2D eigenvalue weighted by Gasteiger charge is 2.34. The van der Waals surface area contributed by atoms with Crippen molar-refractivity contribution in [1.29, 1.82) is 0 Å². The summed E-state index contributed by atoms with van der Waals surface area (Å²) in [6.07, 6.45) is 0. The molecule has 0 fully saturated rings. The first-order valence-electron chi connectivity index (χ1n) is 12.2. The maximum absolute atomic E-state index is 13.7. The second kappa shape index (κ2) is 11.0. The molecule has 2 heterocycles. The molecule has 4 aromatic rings. The van der Waals surface area contributed by atoms with Gasteiger partial charge in [0.15, 0.2) is 0 Å². The molecule has 0 radical (unpaired) electrons. The third kappa shape index (κ3) is 5.24. The van der Waals surface area contributed by atoms with Crippen molar-refractivity contribution >= 4 is 29.3 Å². The number of nitrogens with zero attached hydrogens (tertiary/aromatic N) is 3. The number of fused-ring (bicyclic) bond motifs is 1. The number of rotatable bonds is 8. The lowest BCUT2D eigenvalue weighted by Gasteiger charge is -2.29.